The summed E-state index contributed by atoms with van der Waals surface area (Å²) in [5.74, 6) is 0.384. The molecular formula is C17H12BrNO2. The molecule has 104 valence electrons. The second-order valence-corrected chi connectivity index (χ2v) is 5.40. The largest absolute Gasteiger partial charge is 0.496 e. The van der Waals surface area contributed by atoms with Crippen LogP contribution in [-0.4, -0.2) is 17.9 Å². The molecule has 0 amide bonds. The molecule has 3 aromatic rings. The van der Waals surface area contributed by atoms with Gasteiger partial charge in [0.1, 0.15) is 11.4 Å². The van der Waals surface area contributed by atoms with Crippen LogP contribution in [-0.2, 0) is 0 Å². The minimum absolute atomic E-state index is 0.162. The first-order chi connectivity index (χ1) is 10.2. The Morgan fingerprint density at radius 1 is 1.10 bits per heavy atom. The Balaban J connectivity index is 2.15. The van der Waals surface area contributed by atoms with E-state index in [4.69, 9.17) is 4.74 Å². The standard InChI is InChI=1S/C17H12BrNO2/c1-21-15-9-5-3-7-12(15)17(20)16-13(18)10-11-6-2-4-8-14(11)19-16/h2-10H,1H3. The average Bonchev–Trinajstić information content (AvgIpc) is 2.53. The highest BCUT2D eigenvalue weighted by molar-refractivity contribution is 9.10. The second kappa shape index (κ2) is 5.66. The molecule has 4 heteroatoms. The van der Waals surface area contributed by atoms with E-state index in [1.807, 2.05) is 42.5 Å². The fourth-order valence-electron chi connectivity index (χ4n) is 2.21. The number of para-hydroxylation sites is 2. The lowest BCUT2D eigenvalue weighted by Crippen LogP contribution is -2.07. The van der Waals surface area contributed by atoms with E-state index in [1.54, 1.807) is 19.2 Å². The highest BCUT2D eigenvalue weighted by Gasteiger charge is 2.18. The van der Waals surface area contributed by atoms with Gasteiger partial charge < -0.3 is 4.74 Å². The monoisotopic (exact) mass is 341 g/mol. The molecule has 1 heterocycles. The topological polar surface area (TPSA) is 39.2 Å². The van der Waals surface area contributed by atoms with Crippen LogP contribution in [0.3, 0.4) is 0 Å². The van der Waals surface area contributed by atoms with E-state index in [1.165, 1.54) is 0 Å². The number of benzene rings is 2. The van der Waals surface area contributed by atoms with Crippen LogP contribution in [0.1, 0.15) is 16.1 Å². The van der Waals surface area contributed by atoms with Crippen molar-refractivity contribution in [3.63, 3.8) is 0 Å². The van der Waals surface area contributed by atoms with Crippen molar-refractivity contribution in [3.05, 3.63) is 70.3 Å². The van der Waals surface area contributed by atoms with Gasteiger partial charge in [-0.2, -0.15) is 0 Å². The Kier molecular flexibility index (Phi) is 3.71. The Labute approximate surface area is 130 Å². The molecule has 2 aromatic carbocycles. The molecule has 0 aliphatic heterocycles. The van der Waals surface area contributed by atoms with Gasteiger partial charge in [-0.1, -0.05) is 30.3 Å². The number of hydrogen-bond donors (Lipinski definition) is 0. The molecule has 21 heavy (non-hydrogen) atoms. The van der Waals surface area contributed by atoms with Crippen LogP contribution in [0.5, 0.6) is 5.75 Å². The van der Waals surface area contributed by atoms with Crippen molar-refractivity contribution in [2.24, 2.45) is 0 Å². The van der Waals surface area contributed by atoms with Crippen molar-refractivity contribution >= 4 is 32.6 Å². The van der Waals surface area contributed by atoms with Crippen LogP contribution < -0.4 is 4.74 Å². The van der Waals surface area contributed by atoms with Crippen LogP contribution in [0.4, 0.5) is 0 Å². The maximum Gasteiger partial charge on any atom is 0.216 e. The van der Waals surface area contributed by atoms with Gasteiger partial charge in [-0.15, -0.1) is 0 Å². The van der Waals surface area contributed by atoms with Crippen LogP contribution in [0.15, 0.2) is 59.1 Å². The van der Waals surface area contributed by atoms with E-state index in [9.17, 15) is 4.79 Å². The molecule has 0 spiro atoms. The van der Waals surface area contributed by atoms with Gasteiger partial charge in [0, 0.05) is 9.86 Å². The number of methoxy groups -OCH3 is 1. The van der Waals surface area contributed by atoms with Crippen LogP contribution >= 0.6 is 15.9 Å². The third-order valence-electron chi connectivity index (χ3n) is 3.24. The van der Waals surface area contributed by atoms with E-state index in [0.29, 0.717) is 21.5 Å². The van der Waals surface area contributed by atoms with E-state index >= 15 is 0 Å². The van der Waals surface area contributed by atoms with Crippen LogP contribution in [0.2, 0.25) is 0 Å². The van der Waals surface area contributed by atoms with E-state index in [-0.39, 0.29) is 5.78 Å². The summed E-state index contributed by atoms with van der Waals surface area (Å²) in [6.07, 6.45) is 0. The van der Waals surface area contributed by atoms with Gasteiger partial charge in [-0.25, -0.2) is 4.98 Å². The van der Waals surface area contributed by atoms with Crippen molar-refractivity contribution in [1.29, 1.82) is 0 Å². The number of ether oxygens (including phenoxy) is 1. The molecule has 1 aromatic heterocycles. The van der Waals surface area contributed by atoms with Crippen LogP contribution in [0, 0.1) is 0 Å². The predicted molar refractivity (Wildman–Crippen MR) is 85.9 cm³/mol. The van der Waals surface area contributed by atoms with Gasteiger partial charge in [0.05, 0.1) is 18.2 Å². The Hall–Kier alpha value is -2.20. The summed E-state index contributed by atoms with van der Waals surface area (Å²) in [6, 6.07) is 16.8. The average molecular weight is 342 g/mol. The van der Waals surface area contributed by atoms with Gasteiger partial charge in [0.2, 0.25) is 5.78 Å². The van der Waals surface area contributed by atoms with E-state index in [2.05, 4.69) is 20.9 Å². The first kappa shape index (κ1) is 13.8. The molecule has 0 saturated heterocycles. The molecule has 0 radical (unpaired) electrons. The normalized spacial score (nSPS) is 10.6. The Bertz CT molecular complexity index is 830. The molecular weight excluding hydrogens is 330 g/mol. The molecule has 0 aliphatic rings. The van der Waals surface area contributed by atoms with Gasteiger partial charge in [-0.3, -0.25) is 4.79 Å². The summed E-state index contributed by atoms with van der Waals surface area (Å²) in [5.41, 5.74) is 1.68. The molecule has 0 bridgehead atoms. The van der Waals surface area contributed by atoms with Gasteiger partial charge >= 0.3 is 0 Å². The number of carbonyl (C=O) groups is 1. The van der Waals surface area contributed by atoms with Crippen molar-refractivity contribution in [2.75, 3.05) is 7.11 Å². The minimum atomic E-state index is -0.162. The molecule has 0 aliphatic carbocycles. The summed E-state index contributed by atoms with van der Waals surface area (Å²) >= 11 is 3.44. The number of halogens is 1. The number of pyridine rings is 1. The maximum atomic E-state index is 12.7. The molecule has 0 N–H and O–H groups in total. The van der Waals surface area contributed by atoms with Crippen molar-refractivity contribution in [2.45, 2.75) is 0 Å². The van der Waals surface area contributed by atoms with Crippen molar-refractivity contribution < 1.29 is 9.53 Å². The van der Waals surface area contributed by atoms with Crippen LogP contribution in [0.25, 0.3) is 10.9 Å². The lowest BCUT2D eigenvalue weighted by atomic mass is 10.1. The van der Waals surface area contributed by atoms with Crippen molar-refractivity contribution in [1.82, 2.24) is 4.98 Å². The third-order valence-corrected chi connectivity index (χ3v) is 3.85. The summed E-state index contributed by atoms with van der Waals surface area (Å²) in [6.45, 7) is 0. The highest BCUT2D eigenvalue weighted by Crippen LogP contribution is 2.26. The van der Waals surface area contributed by atoms with Gasteiger partial charge in [0.15, 0.2) is 0 Å². The van der Waals surface area contributed by atoms with Gasteiger partial charge in [0.25, 0.3) is 0 Å². The van der Waals surface area contributed by atoms with E-state index in [0.717, 1.165) is 10.9 Å². The summed E-state index contributed by atoms with van der Waals surface area (Å²) in [7, 11) is 1.55. The second-order valence-electron chi connectivity index (χ2n) is 4.54. The fraction of sp³-hybridized carbons (Fsp3) is 0.0588. The fourth-order valence-corrected chi connectivity index (χ4v) is 2.72. The Morgan fingerprint density at radius 2 is 1.81 bits per heavy atom. The summed E-state index contributed by atoms with van der Waals surface area (Å²) in [4.78, 5) is 17.2. The number of ketones is 1. The predicted octanol–water partition coefficient (Wildman–Crippen LogP) is 4.24. The number of nitrogens with zero attached hydrogens (tertiary/aromatic N) is 1. The summed E-state index contributed by atoms with van der Waals surface area (Å²) < 4.78 is 5.93. The quantitative estimate of drug-likeness (QED) is 0.669. The Morgan fingerprint density at radius 3 is 2.62 bits per heavy atom. The molecule has 0 unspecified atom stereocenters. The molecule has 3 nitrogen and oxygen atoms in total. The number of aromatic nitrogens is 1. The molecule has 0 atom stereocenters. The molecule has 0 saturated carbocycles. The number of fused-ring (bicyclic) bond motifs is 1. The minimum Gasteiger partial charge on any atom is -0.496 e. The zero-order valence-corrected chi connectivity index (χ0v) is 12.9. The highest BCUT2D eigenvalue weighted by atomic mass is 79.9. The van der Waals surface area contributed by atoms with E-state index < -0.39 is 0 Å². The SMILES string of the molecule is COc1ccccc1C(=O)c1nc2ccccc2cc1Br. The number of hydrogen-bond acceptors (Lipinski definition) is 3. The zero-order valence-electron chi connectivity index (χ0n) is 11.3. The lowest BCUT2D eigenvalue weighted by molar-refractivity contribution is 0.103. The zero-order chi connectivity index (χ0) is 14.8. The van der Waals surface area contributed by atoms with Crippen molar-refractivity contribution in [3.8, 4) is 5.75 Å². The lowest BCUT2D eigenvalue weighted by Gasteiger charge is -2.09. The first-order valence-electron chi connectivity index (χ1n) is 6.43. The smallest absolute Gasteiger partial charge is 0.216 e. The third kappa shape index (κ3) is 2.54. The van der Waals surface area contributed by atoms with Gasteiger partial charge in [-0.05, 0) is 40.2 Å². The molecule has 0 fully saturated rings. The maximum absolute atomic E-state index is 12.7. The number of rotatable bonds is 3. The molecule has 3 rings (SSSR count). The first-order valence-corrected chi connectivity index (χ1v) is 7.23. The summed E-state index contributed by atoms with van der Waals surface area (Å²) in [5, 5.41) is 0.987. The number of carbonyl (C=O) groups excluding carboxylic acids is 1.